The van der Waals surface area contributed by atoms with E-state index in [9.17, 15) is 20.1 Å². The summed E-state index contributed by atoms with van der Waals surface area (Å²) in [6.45, 7) is 1.52. The summed E-state index contributed by atoms with van der Waals surface area (Å²) in [6.07, 6.45) is -4.27. The Bertz CT molecular complexity index is 883. The number of rotatable bonds is 7. The van der Waals surface area contributed by atoms with E-state index in [1.807, 2.05) is 19.1 Å². The van der Waals surface area contributed by atoms with Crippen LogP contribution in [0.1, 0.15) is 15.9 Å². The number of aromatic carboxylic acids is 1. The third-order valence-corrected chi connectivity index (χ3v) is 5.20. The van der Waals surface area contributed by atoms with Crippen LogP contribution in [0.2, 0.25) is 0 Å². The highest BCUT2D eigenvalue weighted by atomic mass is 16.7. The average molecular weight is 418 g/mol. The molecule has 1 aliphatic heterocycles. The van der Waals surface area contributed by atoms with Crippen LogP contribution in [0.25, 0.3) is 11.1 Å². The van der Waals surface area contributed by atoms with Gasteiger partial charge in [-0.1, -0.05) is 18.2 Å². The third-order valence-electron chi connectivity index (χ3n) is 5.20. The molecule has 1 saturated heterocycles. The Morgan fingerprint density at radius 3 is 2.37 bits per heavy atom. The fraction of sp³-hybridized carbons (Fsp3) is 0.409. The first-order valence-corrected chi connectivity index (χ1v) is 9.50. The van der Waals surface area contributed by atoms with Gasteiger partial charge in [0.05, 0.1) is 12.2 Å². The largest absolute Gasteiger partial charge is 0.478 e. The molecular weight excluding hydrogens is 392 g/mol. The van der Waals surface area contributed by atoms with E-state index in [1.54, 1.807) is 24.3 Å². The molecule has 0 bridgehead atoms. The maximum absolute atomic E-state index is 11.2. The molecule has 162 valence electrons. The van der Waals surface area contributed by atoms with E-state index in [4.69, 9.17) is 18.9 Å². The van der Waals surface area contributed by atoms with Crippen LogP contribution in [0.3, 0.4) is 0 Å². The van der Waals surface area contributed by atoms with Gasteiger partial charge in [-0.2, -0.15) is 0 Å². The standard InChI is InChI=1S/C22H26O8/c1-12-9-14(13-5-4-6-15(10-13)21(25)26)7-8-16(12)29-22-18(24)20(28-3)19(27-2)17(11-23)30-22/h4-10,17-20,22-24H,11H2,1-3H3,(H,25,26). The number of hydrogen-bond acceptors (Lipinski definition) is 7. The molecule has 5 atom stereocenters. The molecule has 3 N–H and O–H groups in total. The van der Waals surface area contributed by atoms with Crippen molar-refractivity contribution in [2.24, 2.45) is 0 Å². The van der Waals surface area contributed by atoms with Crippen LogP contribution in [-0.2, 0) is 14.2 Å². The number of benzene rings is 2. The quantitative estimate of drug-likeness (QED) is 0.624. The Morgan fingerprint density at radius 2 is 1.77 bits per heavy atom. The molecule has 5 unspecified atom stereocenters. The molecule has 0 aromatic heterocycles. The second-order valence-electron chi connectivity index (χ2n) is 7.10. The highest BCUT2D eigenvalue weighted by Crippen LogP contribution is 2.31. The highest BCUT2D eigenvalue weighted by Gasteiger charge is 2.47. The van der Waals surface area contributed by atoms with Crippen LogP contribution in [0.15, 0.2) is 42.5 Å². The zero-order valence-corrected chi connectivity index (χ0v) is 17.0. The van der Waals surface area contributed by atoms with Crippen molar-refractivity contribution in [3.8, 4) is 16.9 Å². The SMILES string of the molecule is COC1C(CO)OC(Oc2ccc(-c3cccc(C(=O)O)c3)cc2C)C(O)C1OC. The number of hydrogen-bond donors (Lipinski definition) is 3. The van der Waals surface area contributed by atoms with Gasteiger partial charge in [-0.3, -0.25) is 0 Å². The van der Waals surface area contributed by atoms with Gasteiger partial charge in [0.1, 0.15) is 30.2 Å². The summed E-state index contributed by atoms with van der Waals surface area (Å²) >= 11 is 0. The van der Waals surface area contributed by atoms with Crippen LogP contribution in [-0.4, -0.2) is 72.8 Å². The summed E-state index contributed by atoms with van der Waals surface area (Å²) in [5.74, 6) is -0.503. The molecule has 1 aliphatic rings. The van der Waals surface area contributed by atoms with Crippen LogP contribution >= 0.6 is 0 Å². The van der Waals surface area contributed by atoms with Gasteiger partial charge < -0.3 is 34.3 Å². The van der Waals surface area contributed by atoms with E-state index in [0.717, 1.165) is 16.7 Å². The van der Waals surface area contributed by atoms with Gasteiger partial charge in [-0.15, -0.1) is 0 Å². The smallest absolute Gasteiger partial charge is 0.335 e. The minimum Gasteiger partial charge on any atom is -0.478 e. The fourth-order valence-electron chi connectivity index (χ4n) is 3.61. The molecule has 8 heteroatoms. The molecule has 2 aromatic rings. The minimum absolute atomic E-state index is 0.206. The summed E-state index contributed by atoms with van der Waals surface area (Å²) in [7, 11) is 2.90. The summed E-state index contributed by atoms with van der Waals surface area (Å²) in [5.41, 5.74) is 2.57. The van der Waals surface area contributed by atoms with Crippen molar-refractivity contribution in [2.45, 2.75) is 37.6 Å². The van der Waals surface area contributed by atoms with Crippen molar-refractivity contribution < 1.29 is 39.1 Å². The van der Waals surface area contributed by atoms with Crippen molar-refractivity contribution >= 4 is 5.97 Å². The zero-order valence-electron chi connectivity index (χ0n) is 17.0. The molecule has 8 nitrogen and oxygen atoms in total. The molecule has 3 rings (SSSR count). The molecule has 30 heavy (non-hydrogen) atoms. The highest BCUT2D eigenvalue weighted by molar-refractivity contribution is 5.89. The lowest BCUT2D eigenvalue weighted by Crippen LogP contribution is -2.61. The van der Waals surface area contributed by atoms with Gasteiger partial charge in [0.25, 0.3) is 0 Å². The second-order valence-corrected chi connectivity index (χ2v) is 7.10. The van der Waals surface area contributed by atoms with Gasteiger partial charge in [0.2, 0.25) is 6.29 Å². The molecular formula is C22H26O8. The van der Waals surface area contributed by atoms with Crippen LogP contribution < -0.4 is 4.74 Å². The summed E-state index contributed by atoms with van der Waals surface area (Å²) in [5, 5.41) is 29.4. The van der Waals surface area contributed by atoms with E-state index < -0.39 is 36.7 Å². The van der Waals surface area contributed by atoms with Crippen molar-refractivity contribution in [2.75, 3.05) is 20.8 Å². The topological polar surface area (TPSA) is 115 Å². The van der Waals surface area contributed by atoms with Gasteiger partial charge >= 0.3 is 5.97 Å². The molecule has 1 heterocycles. The molecule has 0 saturated carbocycles. The first-order valence-electron chi connectivity index (χ1n) is 9.50. The first-order chi connectivity index (χ1) is 14.4. The lowest BCUT2D eigenvalue weighted by Gasteiger charge is -2.42. The number of aliphatic hydroxyl groups excluding tert-OH is 2. The Morgan fingerprint density at radius 1 is 1.07 bits per heavy atom. The number of ether oxygens (including phenoxy) is 4. The van der Waals surface area contributed by atoms with E-state index in [0.29, 0.717) is 5.75 Å². The number of carbonyl (C=O) groups is 1. The third kappa shape index (κ3) is 4.48. The first kappa shape index (κ1) is 22.2. The predicted octanol–water partition coefficient (Wildman–Crippen LogP) is 1.85. The maximum Gasteiger partial charge on any atom is 0.335 e. The minimum atomic E-state index is -1.13. The van der Waals surface area contributed by atoms with Gasteiger partial charge in [-0.05, 0) is 47.9 Å². The summed E-state index contributed by atoms with van der Waals surface area (Å²) in [4.78, 5) is 11.2. The second kappa shape index (κ2) is 9.55. The normalized spacial score (nSPS) is 26.4. The van der Waals surface area contributed by atoms with Crippen molar-refractivity contribution in [1.82, 2.24) is 0 Å². The Hall–Kier alpha value is -2.49. The zero-order chi connectivity index (χ0) is 21.8. The van der Waals surface area contributed by atoms with Crippen molar-refractivity contribution in [1.29, 1.82) is 0 Å². The number of aliphatic hydroxyl groups is 2. The molecule has 0 amide bonds. The average Bonchev–Trinajstić information content (AvgIpc) is 2.75. The summed E-state index contributed by atoms with van der Waals surface area (Å²) < 4.78 is 22.3. The predicted molar refractivity (Wildman–Crippen MR) is 108 cm³/mol. The van der Waals surface area contributed by atoms with Gasteiger partial charge in [0, 0.05) is 14.2 Å². The Balaban J connectivity index is 1.82. The van der Waals surface area contributed by atoms with E-state index >= 15 is 0 Å². The molecule has 0 spiro atoms. The monoisotopic (exact) mass is 418 g/mol. The van der Waals surface area contributed by atoms with E-state index in [1.165, 1.54) is 20.3 Å². The molecule has 1 fully saturated rings. The number of methoxy groups -OCH3 is 2. The van der Waals surface area contributed by atoms with Crippen LogP contribution in [0, 0.1) is 6.92 Å². The number of carboxylic acids is 1. The van der Waals surface area contributed by atoms with Crippen molar-refractivity contribution in [3.05, 3.63) is 53.6 Å². The lowest BCUT2D eigenvalue weighted by molar-refractivity contribution is -0.286. The number of carboxylic acid groups (broad SMARTS) is 1. The van der Waals surface area contributed by atoms with E-state index in [2.05, 4.69) is 0 Å². The maximum atomic E-state index is 11.2. The Kier molecular flexibility index (Phi) is 7.06. The molecule has 2 aromatic carbocycles. The fourth-order valence-corrected chi connectivity index (χ4v) is 3.61. The van der Waals surface area contributed by atoms with Crippen molar-refractivity contribution in [3.63, 3.8) is 0 Å². The van der Waals surface area contributed by atoms with E-state index in [-0.39, 0.29) is 12.2 Å². The summed E-state index contributed by atoms with van der Waals surface area (Å²) in [6, 6.07) is 12.0. The van der Waals surface area contributed by atoms with Gasteiger partial charge in [-0.25, -0.2) is 4.79 Å². The lowest BCUT2D eigenvalue weighted by atomic mass is 9.98. The van der Waals surface area contributed by atoms with Crippen LogP contribution in [0.4, 0.5) is 0 Å². The molecule has 0 radical (unpaired) electrons. The Labute approximate surface area is 174 Å². The molecule has 0 aliphatic carbocycles. The van der Waals surface area contributed by atoms with Gasteiger partial charge in [0.15, 0.2) is 0 Å². The van der Waals surface area contributed by atoms with Crippen LogP contribution in [0.5, 0.6) is 5.75 Å². The number of aryl methyl sites for hydroxylation is 1.